The van der Waals surface area contributed by atoms with Crippen LogP contribution in [0.15, 0.2) is 46.2 Å². The second kappa shape index (κ2) is 7.74. The van der Waals surface area contributed by atoms with Crippen LogP contribution in [-0.2, 0) is 11.2 Å². The first-order valence-electron chi connectivity index (χ1n) is 7.63. The number of carbonyl (C=O) groups excluding carboxylic acids is 1. The van der Waals surface area contributed by atoms with Crippen LogP contribution in [0.3, 0.4) is 0 Å². The van der Waals surface area contributed by atoms with Crippen LogP contribution in [0.5, 0.6) is 5.75 Å². The Balaban J connectivity index is 1.50. The predicted octanol–water partition coefficient (Wildman–Crippen LogP) is 3.77. The topological polar surface area (TPSA) is 77.2 Å². The summed E-state index contributed by atoms with van der Waals surface area (Å²) in [7, 11) is 0. The molecular formula is C17H17N3O3S. The number of aromatic nitrogens is 2. The summed E-state index contributed by atoms with van der Waals surface area (Å²) in [6, 6.07) is 11.1. The Morgan fingerprint density at radius 3 is 2.79 bits per heavy atom. The van der Waals surface area contributed by atoms with Gasteiger partial charge in [-0.25, -0.2) is 0 Å². The van der Waals surface area contributed by atoms with Crippen molar-refractivity contribution >= 4 is 22.9 Å². The molecule has 7 heteroatoms. The van der Waals surface area contributed by atoms with E-state index in [1.165, 1.54) is 11.3 Å². The molecule has 0 atom stereocenters. The van der Waals surface area contributed by atoms with Gasteiger partial charge in [-0.2, -0.15) is 0 Å². The Hall–Kier alpha value is -2.67. The van der Waals surface area contributed by atoms with Gasteiger partial charge in [0.25, 0.3) is 5.89 Å². The summed E-state index contributed by atoms with van der Waals surface area (Å²) in [5.74, 6) is 1.63. The van der Waals surface area contributed by atoms with Crippen LogP contribution < -0.4 is 10.1 Å². The molecule has 0 radical (unpaired) electrons. The Morgan fingerprint density at radius 2 is 2.08 bits per heavy atom. The zero-order valence-electron chi connectivity index (χ0n) is 13.2. The molecule has 0 aliphatic rings. The summed E-state index contributed by atoms with van der Waals surface area (Å²) < 4.78 is 10.9. The third kappa shape index (κ3) is 4.20. The van der Waals surface area contributed by atoms with E-state index in [2.05, 4.69) is 15.5 Å². The summed E-state index contributed by atoms with van der Waals surface area (Å²) >= 11 is 1.53. The van der Waals surface area contributed by atoms with E-state index >= 15 is 0 Å². The molecular weight excluding hydrogens is 326 g/mol. The Morgan fingerprint density at radius 1 is 1.25 bits per heavy atom. The largest absolute Gasteiger partial charge is 0.494 e. The maximum atomic E-state index is 12.0. The highest BCUT2D eigenvalue weighted by atomic mass is 32.1. The number of rotatable bonds is 7. The fourth-order valence-corrected chi connectivity index (χ4v) is 2.74. The van der Waals surface area contributed by atoms with Crippen LogP contribution in [0.2, 0.25) is 0 Å². The fourth-order valence-electron chi connectivity index (χ4n) is 2.10. The van der Waals surface area contributed by atoms with Gasteiger partial charge in [0, 0.05) is 18.5 Å². The van der Waals surface area contributed by atoms with E-state index in [1.54, 1.807) is 0 Å². The van der Waals surface area contributed by atoms with Crippen molar-refractivity contribution in [3.05, 3.63) is 47.7 Å². The standard InChI is InChI=1S/C17H17N3O3S/c1-2-22-13-7-5-12(6-8-13)18-15(21)9-10-16-19-20-17(23-16)14-4-3-11-24-14/h3-8,11H,2,9-10H2,1H3,(H,18,21). The van der Waals surface area contributed by atoms with E-state index < -0.39 is 0 Å². The van der Waals surface area contributed by atoms with E-state index in [1.807, 2.05) is 48.7 Å². The lowest BCUT2D eigenvalue weighted by molar-refractivity contribution is -0.116. The van der Waals surface area contributed by atoms with E-state index in [0.29, 0.717) is 24.8 Å². The van der Waals surface area contributed by atoms with Gasteiger partial charge in [0.2, 0.25) is 11.8 Å². The van der Waals surface area contributed by atoms with E-state index in [-0.39, 0.29) is 12.3 Å². The first-order valence-corrected chi connectivity index (χ1v) is 8.51. The molecule has 6 nitrogen and oxygen atoms in total. The second-order valence-corrected chi connectivity index (χ2v) is 5.93. The van der Waals surface area contributed by atoms with Gasteiger partial charge in [0.15, 0.2) is 0 Å². The van der Waals surface area contributed by atoms with Gasteiger partial charge >= 0.3 is 0 Å². The van der Waals surface area contributed by atoms with E-state index in [9.17, 15) is 4.79 Å². The monoisotopic (exact) mass is 343 g/mol. The number of hydrogen-bond donors (Lipinski definition) is 1. The zero-order chi connectivity index (χ0) is 16.8. The van der Waals surface area contributed by atoms with Crippen molar-refractivity contribution in [2.75, 3.05) is 11.9 Å². The van der Waals surface area contributed by atoms with Crippen LogP contribution in [0, 0.1) is 0 Å². The highest BCUT2D eigenvalue weighted by Gasteiger charge is 2.11. The summed E-state index contributed by atoms with van der Waals surface area (Å²) in [5, 5.41) is 12.8. The number of hydrogen-bond acceptors (Lipinski definition) is 6. The number of nitrogens with one attached hydrogen (secondary N) is 1. The van der Waals surface area contributed by atoms with Crippen molar-refractivity contribution in [2.45, 2.75) is 19.8 Å². The molecule has 1 N–H and O–H groups in total. The molecule has 0 unspecified atom stereocenters. The SMILES string of the molecule is CCOc1ccc(NC(=O)CCc2nnc(-c3cccs3)o2)cc1. The number of aryl methyl sites for hydroxylation is 1. The molecule has 0 aliphatic heterocycles. The molecule has 0 saturated heterocycles. The average Bonchev–Trinajstić information content (AvgIpc) is 3.26. The molecule has 0 fully saturated rings. The molecule has 2 heterocycles. The quantitative estimate of drug-likeness (QED) is 0.706. The van der Waals surface area contributed by atoms with Crippen molar-refractivity contribution in [1.29, 1.82) is 0 Å². The van der Waals surface area contributed by atoms with Crippen molar-refractivity contribution in [3.8, 4) is 16.5 Å². The Bertz CT molecular complexity index is 782. The van der Waals surface area contributed by atoms with Gasteiger partial charge < -0.3 is 14.5 Å². The first-order chi connectivity index (χ1) is 11.7. The number of ether oxygens (including phenoxy) is 1. The lowest BCUT2D eigenvalue weighted by Crippen LogP contribution is -2.12. The van der Waals surface area contributed by atoms with Gasteiger partial charge in [-0.05, 0) is 42.6 Å². The number of thiophene rings is 1. The van der Waals surface area contributed by atoms with Gasteiger partial charge in [-0.3, -0.25) is 4.79 Å². The van der Waals surface area contributed by atoms with Crippen molar-refractivity contribution in [2.24, 2.45) is 0 Å². The van der Waals surface area contributed by atoms with Gasteiger partial charge in [-0.15, -0.1) is 21.5 Å². The first kappa shape index (κ1) is 16.2. The maximum absolute atomic E-state index is 12.0. The molecule has 0 spiro atoms. The Kier molecular flexibility index (Phi) is 5.22. The average molecular weight is 343 g/mol. The van der Waals surface area contributed by atoms with Crippen LogP contribution in [-0.4, -0.2) is 22.7 Å². The lowest BCUT2D eigenvalue weighted by atomic mass is 10.2. The molecule has 0 bridgehead atoms. The smallest absolute Gasteiger partial charge is 0.257 e. The second-order valence-electron chi connectivity index (χ2n) is 4.98. The van der Waals surface area contributed by atoms with Gasteiger partial charge in [0.1, 0.15) is 5.75 Å². The van der Waals surface area contributed by atoms with E-state index in [0.717, 1.165) is 16.3 Å². The highest BCUT2D eigenvalue weighted by Crippen LogP contribution is 2.23. The number of benzene rings is 1. The zero-order valence-corrected chi connectivity index (χ0v) is 14.0. The van der Waals surface area contributed by atoms with Crippen LogP contribution >= 0.6 is 11.3 Å². The number of carbonyl (C=O) groups is 1. The molecule has 0 aliphatic carbocycles. The van der Waals surface area contributed by atoms with Crippen molar-refractivity contribution in [1.82, 2.24) is 10.2 Å². The van der Waals surface area contributed by atoms with Crippen LogP contribution in [0.1, 0.15) is 19.2 Å². The minimum atomic E-state index is -0.102. The fraction of sp³-hybridized carbons (Fsp3) is 0.235. The van der Waals surface area contributed by atoms with Crippen LogP contribution in [0.4, 0.5) is 5.69 Å². The normalized spacial score (nSPS) is 10.5. The molecule has 3 rings (SSSR count). The molecule has 1 aromatic carbocycles. The molecule has 24 heavy (non-hydrogen) atoms. The third-order valence-electron chi connectivity index (χ3n) is 3.21. The highest BCUT2D eigenvalue weighted by molar-refractivity contribution is 7.13. The molecule has 3 aromatic rings. The minimum Gasteiger partial charge on any atom is -0.494 e. The molecule has 124 valence electrons. The number of nitrogens with zero attached hydrogens (tertiary/aromatic N) is 2. The van der Waals surface area contributed by atoms with E-state index in [4.69, 9.17) is 9.15 Å². The molecule has 2 aromatic heterocycles. The number of anilines is 1. The summed E-state index contributed by atoms with van der Waals surface area (Å²) in [6.45, 7) is 2.54. The van der Waals surface area contributed by atoms with Crippen LogP contribution in [0.25, 0.3) is 10.8 Å². The number of amides is 1. The minimum absolute atomic E-state index is 0.102. The van der Waals surface area contributed by atoms with Crippen molar-refractivity contribution in [3.63, 3.8) is 0 Å². The summed E-state index contributed by atoms with van der Waals surface area (Å²) in [6.07, 6.45) is 0.681. The summed E-state index contributed by atoms with van der Waals surface area (Å²) in [5.41, 5.74) is 0.730. The molecule has 1 amide bonds. The Labute approximate surface area is 143 Å². The third-order valence-corrected chi connectivity index (χ3v) is 4.07. The predicted molar refractivity (Wildman–Crippen MR) is 92.2 cm³/mol. The van der Waals surface area contributed by atoms with Gasteiger partial charge in [-0.1, -0.05) is 6.07 Å². The molecule has 0 saturated carbocycles. The van der Waals surface area contributed by atoms with Crippen molar-refractivity contribution < 1.29 is 13.9 Å². The summed E-state index contributed by atoms with van der Waals surface area (Å²) in [4.78, 5) is 12.9. The maximum Gasteiger partial charge on any atom is 0.257 e. The van der Waals surface area contributed by atoms with Gasteiger partial charge in [0.05, 0.1) is 11.5 Å². The lowest BCUT2D eigenvalue weighted by Gasteiger charge is -2.06.